The number of ether oxygens (including phenoxy) is 3. The Hall–Kier alpha value is -3.12. The van der Waals surface area contributed by atoms with E-state index in [1.807, 2.05) is 25.1 Å². The number of halogens is 1. The first kappa shape index (κ1) is 22.6. The number of hydrogen-bond donors (Lipinski definition) is 0. The van der Waals surface area contributed by atoms with Crippen LogP contribution in [0.3, 0.4) is 0 Å². The molecular weight excluding hydrogens is 460 g/mol. The summed E-state index contributed by atoms with van der Waals surface area (Å²) in [6.07, 6.45) is 1.55. The maximum absolute atomic E-state index is 12.5. The minimum Gasteiger partial charge on any atom is -0.492 e. The fraction of sp³-hybridized carbons (Fsp3) is 0.200. The van der Waals surface area contributed by atoms with Gasteiger partial charge in [0.2, 0.25) is 0 Å². The second-order valence-corrected chi connectivity index (χ2v) is 7.63. The van der Waals surface area contributed by atoms with E-state index < -0.39 is 11.9 Å². The van der Waals surface area contributed by atoms with Crippen LogP contribution in [0.15, 0.2) is 77.3 Å². The molecule has 0 saturated heterocycles. The minimum atomic E-state index is -0.502. The zero-order chi connectivity index (χ0) is 22.1. The van der Waals surface area contributed by atoms with Gasteiger partial charge in [-0.25, -0.2) is 9.59 Å². The van der Waals surface area contributed by atoms with Crippen molar-refractivity contribution in [1.29, 1.82) is 0 Å². The van der Waals surface area contributed by atoms with Crippen molar-refractivity contribution in [2.75, 3.05) is 13.2 Å². The third kappa shape index (κ3) is 6.69. The summed E-state index contributed by atoms with van der Waals surface area (Å²) in [4.78, 5) is 24.3. The van der Waals surface area contributed by atoms with Gasteiger partial charge in [0.15, 0.2) is 0 Å². The smallest absolute Gasteiger partial charge is 0.343 e. The van der Waals surface area contributed by atoms with Crippen molar-refractivity contribution in [3.63, 3.8) is 0 Å². The topological polar surface area (TPSA) is 61.8 Å². The van der Waals surface area contributed by atoms with Crippen molar-refractivity contribution in [2.24, 2.45) is 0 Å². The number of benzene rings is 3. The number of rotatable bonds is 9. The van der Waals surface area contributed by atoms with Gasteiger partial charge < -0.3 is 14.2 Å². The number of esters is 2. The molecule has 160 valence electrons. The average Bonchev–Trinajstić information content (AvgIpc) is 2.79. The fourth-order valence-corrected chi connectivity index (χ4v) is 3.26. The summed E-state index contributed by atoms with van der Waals surface area (Å²) < 4.78 is 17.0. The first-order valence-electron chi connectivity index (χ1n) is 10.0. The zero-order valence-corrected chi connectivity index (χ0v) is 18.8. The monoisotopic (exact) mass is 482 g/mol. The molecule has 3 rings (SSSR count). The van der Waals surface area contributed by atoms with Gasteiger partial charge in [0.05, 0.1) is 28.8 Å². The Balaban J connectivity index is 1.55. The Morgan fingerprint density at radius 2 is 1.55 bits per heavy atom. The highest BCUT2D eigenvalue weighted by atomic mass is 79.9. The molecule has 3 aromatic rings. The van der Waals surface area contributed by atoms with E-state index in [4.69, 9.17) is 14.2 Å². The lowest BCUT2D eigenvalue weighted by atomic mass is 10.2. The van der Waals surface area contributed by atoms with Gasteiger partial charge in [0, 0.05) is 6.42 Å². The molecule has 0 saturated carbocycles. The van der Waals surface area contributed by atoms with Crippen LogP contribution < -0.4 is 9.47 Å². The van der Waals surface area contributed by atoms with Crippen LogP contribution in [-0.2, 0) is 11.2 Å². The second-order valence-electron chi connectivity index (χ2n) is 6.78. The van der Waals surface area contributed by atoms with E-state index in [1.54, 1.807) is 42.5 Å². The standard InChI is InChI=1S/C25H23BrO5/c1-2-15-30-24(27)19-8-11-21(12-9-19)31-25(28)20-10-13-23(22(26)17-20)29-16-14-18-6-4-3-5-7-18/h3-13,17H,2,14-16H2,1H3. The maximum Gasteiger partial charge on any atom is 0.343 e. The Bertz CT molecular complexity index is 1020. The molecule has 0 aliphatic carbocycles. The molecule has 6 heteroatoms. The highest BCUT2D eigenvalue weighted by molar-refractivity contribution is 9.10. The lowest BCUT2D eigenvalue weighted by Crippen LogP contribution is -2.10. The Morgan fingerprint density at radius 3 is 2.23 bits per heavy atom. The van der Waals surface area contributed by atoms with Crippen molar-refractivity contribution < 1.29 is 23.8 Å². The largest absolute Gasteiger partial charge is 0.492 e. The quantitative estimate of drug-likeness (QED) is 0.282. The van der Waals surface area contributed by atoms with Crippen LogP contribution in [0.4, 0.5) is 0 Å². The molecule has 0 atom stereocenters. The van der Waals surface area contributed by atoms with Gasteiger partial charge in [0.25, 0.3) is 0 Å². The Labute approximate surface area is 190 Å². The van der Waals surface area contributed by atoms with E-state index in [1.165, 1.54) is 5.56 Å². The van der Waals surface area contributed by atoms with Gasteiger partial charge in [-0.15, -0.1) is 0 Å². The lowest BCUT2D eigenvalue weighted by Gasteiger charge is -2.10. The van der Waals surface area contributed by atoms with E-state index >= 15 is 0 Å². The van der Waals surface area contributed by atoms with E-state index in [0.29, 0.717) is 40.3 Å². The van der Waals surface area contributed by atoms with E-state index in [2.05, 4.69) is 28.1 Å². The molecule has 0 aliphatic rings. The molecule has 0 aliphatic heterocycles. The molecule has 0 heterocycles. The van der Waals surface area contributed by atoms with Crippen molar-refractivity contribution in [2.45, 2.75) is 19.8 Å². The second kappa shape index (κ2) is 11.3. The predicted molar refractivity (Wildman–Crippen MR) is 122 cm³/mol. The van der Waals surface area contributed by atoms with E-state index in [-0.39, 0.29) is 0 Å². The van der Waals surface area contributed by atoms with Crippen LogP contribution in [0.2, 0.25) is 0 Å². The molecule has 0 aromatic heterocycles. The fourth-order valence-electron chi connectivity index (χ4n) is 2.77. The van der Waals surface area contributed by atoms with Gasteiger partial charge in [0.1, 0.15) is 11.5 Å². The first-order valence-corrected chi connectivity index (χ1v) is 10.8. The molecule has 31 heavy (non-hydrogen) atoms. The Kier molecular flexibility index (Phi) is 8.24. The number of carbonyl (C=O) groups is 2. The third-order valence-electron chi connectivity index (χ3n) is 4.40. The molecule has 0 N–H and O–H groups in total. The molecular formula is C25H23BrO5. The molecule has 0 unspecified atom stereocenters. The van der Waals surface area contributed by atoms with E-state index in [9.17, 15) is 9.59 Å². The van der Waals surface area contributed by atoms with Crippen LogP contribution in [-0.4, -0.2) is 25.2 Å². The molecule has 0 amide bonds. The van der Waals surface area contributed by atoms with Gasteiger partial charge >= 0.3 is 11.9 Å². The minimum absolute atomic E-state index is 0.344. The third-order valence-corrected chi connectivity index (χ3v) is 5.02. The van der Waals surface area contributed by atoms with Crippen molar-refractivity contribution >= 4 is 27.9 Å². The van der Waals surface area contributed by atoms with Gasteiger partial charge in [-0.2, -0.15) is 0 Å². The van der Waals surface area contributed by atoms with Crippen LogP contribution in [0.5, 0.6) is 11.5 Å². The SMILES string of the molecule is CCCOC(=O)c1ccc(OC(=O)c2ccc(OCCc3ccccc3)c(Br)c2)cc1. The van der Waals surface area contributed by atoms with Gasteiger partial charge in [-0.05, 0) is 70.4 Å². The first-order chi connectivity index (χ1) is 15.1. The van der Waals surface area contributed by atoms with Gasteiger partial charge in [-0.3, -0.25) is 0 Å². The molecule has 0 radical (unpaired) electrons. The molecule has 0 bridgehead atoms. The lowest BCUT2D eigenvalue weighted by molar-refractivity contribution is 0.0505. The van der Waals surface area contributed by atoms with Crippen molar-refractivity contribution in [1.82, 2.24) is 0 Å². The average molecular weight is 483 g/mol. The highest BCUT2D eigenvalue weighted by Crippen LogP contribution is 2.27. The van der Waals surface area contributed by atoms with Crippen LogP contribution >= 0.6 is 15.9 Å². The molecule has 0 fully saturated rings. The summed E-state index contributed by atoms with van der Waals surface area (Å²) >= 11 is 3.45. The number of carbonyl (C=O) groups excluding carboxylic acids is 2. The maximum atomic E-state index is 12.5. The zero-order valence-electron chi connectivity index (χ0n) is 17.2. The molecule has 3 aromatic carbocycles. The Morgan fingerprint density at radius 1 is 0.839 bits per heavy atom. The van der Waals surface area contributed by atoms with E-state index in [0.717, 1.165) is 12.8 Å². The summed E-state index contributed by atoms with van der Waals surface area (Å²) in [7, 11) is 0. The summed E-state index contributed by atoms with van der Waals surface area (Å²) in [5.74, 6) is 0.100. The molecule has 5 nitrogen and oxygen atoms in total. The van der Waals surface area contributed by atoms with Crippen molar-refractivity contribution in [3.05, 3.63) is 94.0 Å². The summed E-state index contributed by atoms with van der Waals surface area (Å²) in [5, 5.41) is 0. The summed E-state index contributed by atoms with van der Waals surface area (Å²) in [6, 6.07) is 21.4. The van der Waals surface area contributed by atoms with Crippen LogP contribution in [0.25, 0.3) is 0 Å². The number of hydrogen-bond acceptors (Lipinski definition) is 5. The summed E-state index contributed by atoms with van der Waals surface area (Å²) in [6.45, 7) is 2.83. The van der Waals surface area contributed by atoms with Gasteiger partial charge in [-0.1, -0.05) is 37.3 Å². The molecule has 0 spiro atoms. The highest BCUT2D eigenvalue weighted by Gasteiger charge is 2.13. The normalized spacial score (nSPS) is 10.4. The predicted octanol–water partition coefficient (Wildman–Crippen LogP) is 5.86. The summed E-state index contributed by atoms with van der Waals surface area (Å²) in [5.41, 5.74) is 1.99. The van der Waals surface area contributed by atoms with Crippen molar-refractivity contribution in [3.8, 4) is 11.5 Å². The van der Waals surface area contributed by atoms with Crippen LogP contribution in [0.1, 0.15) is 39.6 Å². The van der Waals surface area contributed by atoms with Crippen LogP contribution in [0, 0.1) is 0 Å².